The normalized spacial score (nSPS) is 15.0. The average molecular weight is 235 g/mol. The Kier molecular flexibility index (Phi) is 3.71. The molecular formula is C13H21N3O. The van der Waals surface area contributed by atoms with Crippen LogP contribution < -0.4 is 15.8 Å². The second kappa shape index (κ2) is 5.25. The van der Waals surface area contributed by atoms with Crippen LogP contribution in [-0.2, 0) is 0 Å². The van der Waals surface area contributed by atoms with Gasteiger partial charge >= 0.3 is 0 Å². The molecule has 1 aromatic rings. The third kappa shape index (κ3) is 3.80. The predicted molar refractivity (Wildman–Crippen MR) is 70.2 cm³/mol. The molecule has 0 spiro atoms. The van der Waals surface area contributed by atoms with E-state index in [-0.39, 0.29) is 0 Å². The van der Waals surface area contributed by atoms with Crippen LogP contribution in [0.2, 0.25) is 0 Å². The highest BCUT2D eigenvalue weighted by Gasteiger charge is 2.20. The molecule has 2 rings (SSSR count). The van der Waals surface area contributed by atoms with Crippen molar-refractivity contribution in [2.75, 3.05) is 24.2 Å². The number of nitrogens with one attached hydrogen (secondary N) is 1. The van der Waals surface area contributed by atoms with Gasteiger partial charge in [0.05, 0.1) is 12.3 Å². The molecule has 0 aliphatic heterocycles. The van der Waals surface area contributed by atoms with Crippen LogP contribution in [0, 0.1) is 11.8 Å². The summed E-state index contributed by atoms with van der Waals surface area (Å²) in [5.74, 6) is 2.69. The van der Waals surface area contributed by atoms with Crippen LogP contribution >= 0.6 is 0 Å². The maximum Gasteiger partial charge on any atom is 0.239 e. The van der Waals surface area contributed by atoms with E-state index in [0.29, 0.717) is 24.1 Å². The molecule has 4 nitrogen and oxygen atoms in total. The van der Waals surface area contributed by atoms with Gasteiger partial charge < -0.3 is 15.8 Å². The van der Waals surface area contributed by atoms with Crippen LogP contribution in [0.15, 0.2) is 12.1 Å². The van der Waals surface area contributed by atoms with Crippen molar-refractivity contribution < 1.29 is 4.74 Å². The Morgan fingerprint density at radius 2 is 2.24 bits per heavy atom. The van der Waals surface area contributed by atoms with Crippen LogP contribution in [-0.4, -0.2) is 18.1 Å². The molecular weight excluding hydrogens is 214 g/mol. The van der Waals surface area contributed by atoms with Gasteiger partial charge in [0.15, 0.2) is 0 Å². The highest BCUT2D eigenvalue weighted by Crippen LogP contribution is 2.29. The van der Waals surface area contributed by atoms with Crippen molar-refractivity contribution in [2.24, 2.45) is 11.8 Å². The Balaban J connectivity index is 1.94. The van der Waals surface area contributed by atoms with Crippen molar-refractivity contribution in [3.8, 4) is 5.88 Å². The Bertz CT molecular complexity index is 375. The number of nitrogens with two attached hydrogens (primary N) is 1. The first kappa shape index (κ1) is 12.0. The van der Waals surface area contributed by atoms with Crippen molar-refractivity contribution in [3.63, 3.8) is 0 Å². The van der Waals surface area contributed by atoms with Gasteiger partial charge in [0, 0.05) is 6.54 Å². The van der Waals surface area contributed by atoms with Crippen LogP contribution in [0.5, 0.6) is 5.88 Å². The predicted octanol–water partition coefficient (Wildman–Crippen LogP) is 2.52. The number of pyridine rings is 1. The molecule has 1 aliphatic carbocycles. The van der Waals surface area contributed by atoms with Gasteiger partial charge in [0.2, 0.25) is 5.88 Å². The van der Waals surface area contributed by atoms with E-state index < -0.39 is 0 Å². The molecule has 1 fully saturated rings. The fourth-order valence-electron chi connectivity index (χ4n) is 1.48. The Hall–Kier alpha value is -1.45. The molecule has 0 radical (unpaired) electrons. The third-order valence-corrected chi connectivity index (χ3v) is 2.71. The van der Waals surface area contributed by atoms with Crippen LogP contribution in [0.1, 0.15) is 26.7 Å². The maximum absolute atomic E-state index is 5.83. The number of nitrogen functional groups attached to an aromatic ring is 1. The second-order valence-electron chi connectivity index (χ2n) is 5.12. The van der Waals surface area contributed by atoms with Gasteiger partial charge in [0.25, 0.3) is 0 Å². The van der Waals surface area contributed by atoms with E-state index in [4.69, 9.17) is 10.5 Å². The van der Waals surface area contributed by atoms with Gasteiger partial charge in [-0.3, -0.25) is 0 Å². The van der Waals surface area contributed by atoms with Crippen LogP contribution in [0.3, 0.4) is 0 Å². The summed E-state index contributed by atoms with van der Waals surface area (Å²) in [7, 11) is 0. The molecule has 94 valence electrons. The second-order valence-corrected chi connectivity index (χ2v) is 5.12. The average Bonchev–Trinajstić information content (AvgIpc) is 3.10. The molecule has 0 saturated heterocycles. The van der Waals surface area contributed by atoms with Gasteiger partial charge in [-0.25, -0.2) is 0 Å². The minimum atomic E-state index is 0.472. The van der Waals surface area contributed by atoms with Crippen molar-refractivity contribution in [1.82, 2.24) is 4.98 Å². The summed E-state index contributed by atoms with van der Waals surface area (Å²) >= 11 is 0. The van der Waals surface area contributed by atoms with Crippen molar-refractivity contribution >= 4 is 11.5 Å². The zero-order valence-corrected chi connectivity index (χ0v) is 10.6. The molecule has 1 aromatic heterocycles. The lowest BCUT2D eigenvalue weighted by Gasteiger charge is -2.12. The van der Waals surface area contributed by atoms with E-state index in [0.717, 1.165) is 18.3 Å². The van der Waals surface area contributed by atoms with E-state index in [1.165, 1.54) is 12.8 Å². The molecule has 3 N–H and O–H groups in total. The third-order valence-electron chi connectivity index (χ3n) is 2.71. The lowest BCUT2D eigenvalue weighted by Crippen LogP contribution is -2.10. The van der Waals surface area contributed by atoms with E-state index in [2.05, 4.69) is 24.1 Å². The lowest BCUT2D eigenvalue weighted by atomic mass is 10.2. The van der Waals surface area contributed by atoms with Crippen molar-refractivity contribution in [3.05, 3.63) is 12.1 Å². The molecule has 1 saturated carbocycles. The van der Waals surface area contributed by atoms with E-state index in [1.54, 1.807) is 0 Å². The topological polar surface area (TPSA) is 60.2 Å². The highest BCUT2D eigenvalue weighted by molar-refractivity contribution is 5.53. The minimum Gasteiger partial charge on any atom is -0.476 e. The highest BCUT2D eigenvalue weighted by atomic mass is 16.5. The number of hydrogen-bond donors (Lipinski definition) is 2. The molecule has 4 heteroatoms. The molecule has 0 unspecified atom stereocenters. The van der Waals surface area contributed by atoms with Crippen LogP contribution in [0.25, 0.3) is 0 Å². The summed E-state index contributed by atoms with van der Waals surface area (Å²) in [6.07, 6.45) is 2.66. The molecule has 0 aromatic carbocycles. The summed E-state index contributed by atoms with van der Waals surface area (Å²) < 4.78 is 5.59. The fourth-order valence-corrected chi connectivity index (χ4v) is 1.48. The largest absolute Gasteiger partial charge is 0.476 e. The number of nitrogens with zero attached hydrogens (tertiary/aromatic N) is 1. The van der Waals surface area contributed by atoms with E-state index in [9.17, 15) is 0 Å². The zero-order chi connectivity index (χ0) is 12.3. The van der Waals surface area contributed by atoms with Gasteiger partial charge in [-0.05, 0) is 36.8 Å². The molecule has 0 bridgehead atoms. The molecule has 0 amide bonds. The summed E-state index contributed by atoms with van der Waals surface area (Å²) in [6, 6.07) is 3.75. The molecule has 1 heterocycles. The Morgan fingerprint density at radius 1 is 1.47 bits per heavy atom. The van der Waals surface area contributed by atoms with Gasteiger partial charge in [0.1, 0.15) is 5.82 Å². The summed E-state index contributed by atoms with van der Waals surface area (Å²) in [4.78, 5) is 4.39. The minimum absolute atomic E-state index is 0.472. The summed E-state index contributed by atoms with van der Waals surface area (Å²) in [5, 5.41) is 3.32. The summed E-state index contributed by atoms with van der Waals surface area (Å²) in [5.41, 5.74) is 6.43. The number of hydrogen-bond acceptors (Lipinski definition) is 4. The fraction of sp³-hybridized carbons (Fsp3) is 0.615. The first-order valence-corrected chi connectivity index (χ1v) is 6.28. The molecule has 1 aliphatic rings. The van der Waals surface area contributed by atoms with Crippen LogP contribution in [0.4, 0.5) is 11.5 Å². The number of aromatic nitrogens is 1. The van der Waals surface area contributed by atoms with Crippen molar-refractivity contribution in [2.45, 2.75) is 26.7 Å². The van der Waals surface area contributed by atoms with E-state index >= 15 is 0 Å². The number of rotatable bonds is 6. The molecule has 17 heavy (non-hydrogen) atoms. The zero-order valence-electron chi connectivity index (χ0n) is 10.6. The number of anilines is 2. The maximum atomic E-state index is 5.83. The van der Waals surface area contributed by atoms with Gasteiger partial charge in [-0.2, -0.15) is 4.98 Å². The van der Waals surface area contributed by atoms with Gasteiger partial charge in [-0.15, -0.1) is 0 Å². The van der Waals surface area contributed by atoms with Crippen molar-refractivity contribution in [1.29, 1.82) is 0 Å². The first-order chi connectivity index (χ1) is 8.15. The SMILES string of the molecule is CC(C)COc1nc(NCC2CC2)ccc1N. The Morgan fingerprint density at radius 3 is 2.88 bits per heavy atom. The van der Waals surface area contributed by atoms with E-state index in [1.807, 2.05) is 12.1 Å². The monoisotopic (exact) mass is 235 g/mol. The first-order valence-electron chi connectivity index (χ1n) is 6.28. The Labute approximate surface area is 103 Å². The lowest BCUT2D eigenvalue weighted by molar-refractivity contribution is 0.263. The van der Waals surface area contributed by atoms with Gasteiger partial charge in [-0.1, -0.05) is 13.8 Å². The quantitative estimate of drug-likeness (QED) is 0.795. The molecule has 0 atom stereocenters. The smallest absolute Gasteiger partial charge is 0.239 e. The standard InChI is InChI=1S/C13H21N3O/c1-9(2)8-17-13-11(14)5-6-12(16-13)15-7-10-3-4-10/h5-6,9-10H,3-4,7-8,14H2,1-2H3,(H,15,16). The summed E-state index contributed by atoms with van der Waals surface area (Å²) in [6.45, 7) is 5.85. The number of ether oxygens (including phenoxy) is 1.